The van der Waals surface area contributed by atoms with Crippen molar-refractivity contribution in [2.75, 3.05) is 12.6 Å². The van der Waals surface area contributed by atoms with Crippen molar-refractivity contribution in [1.29, 1.82) is 0 Å². The Morgan fingerprint density at radius 2 is 1.94 bits per heavy atom. The summed E-state index contributed by atoms with van der Waals surface area (Å²) in [5.41, 5.74) is 2.82. The Morgan fingerprint density at radius 1 is 1.35 bits per heavy atom. The van der Waals surface area contributed by atoms with Gasteiger partial charge in [0.1, 0.15) is 11.3 Å². The van der Waals surface area contributed by atoms with E-state index < -0.39 is 5.97 Å². The average Bonchev–Trinajstić information content (AvgIpc) is 2.25. The van der Waals surface area contributed by atoms with Crippen molar-refractivity contribution in [3.63, 3.8) is 0 Å². The molecule has 0 aromatic heterocycles. The first-order chi connectivity index (χ1) is 7.81. The molecule has 0 spiro atoms. The second kappa shape index (κ2) is 4.63. The van der Waals surface area contributed by atoms with Crippen molar-refractivity contribution >= 4 is 11.7 Å². The topological polar surface area (TPSA) is 78.8 Å². The minimum atomic E-state index is -1.09. The standard InChI is InChI=1S/C12H17NO4/c1-12(2,3)7-5-8(11(14)15)10(17-4)9(6-7)13-16/h5-6,13,16H,1-4H3,(H,14,15). The first-order valence-corrected chi connectivity index (χ1v) is 5.17. The number of rotatable bonds is 3. The SMILES string of the molecule is COc1c(NO)cc(C(C)(C)C)cc1C(=O)O. The van der Waals surface area contributed by atoms with Gasteiger partial charge >= 0.3 is 5.97 Å². The molecule has 0 amide bonds. The molecule has 0 heterocycles. The number of carboxylic acid groups (broad SMARTS) is 1. The first kappa shape index (κ1) is 13.3. The summed E-state index contributed by atoms with van der Waals surface area (Å²) in [5.74, 6) is -0.975. The van der Waals surface area contributed by atoms with Gasteiger partial charge in [-0.05, 0) is 23.1 Å². The van der Waals surface area contributed by atoms with E-state index in [0.717, 1.165) is 5.56 Å². The molecule has 0 atom stereocenters. The number of methoxy groups -OCH3 is 1. The third-order valence-corrected chi connectivity index (χ3v) is 2.51. The van der Waals surface area contributed by atoms with E-state index in [4.69, 9.17) is 15.1 Å². The Bertz CT molecular complexity index is 435. The molecule has 1 rings (SSSR count). The lowest BCUT2D eigenvalue weighted by atomic mass is 9.85. The van der Waals surface area contributed by atoms with Gasteiger partial charge in [-0.1, -0.05) is 20.8 Å². The molecule has 0 unspecified atom stereocenters. The van der Waals surface area contributed by atoms with Gasteiger partial charge in [0.2, 0.25) is 0 Å². The number of anilines is 1. The maximum absolute atomic E-state index is 11.1. The van der Waals surface area contributed by atoms with Gasteiger partial charge in [-0.25, -0.2) is 4.79 Å². The first-order valence-electron chi connectivity index (χ1n) is 5.17. The largest absolute Gasteiger partial charge is 0.494 e. The van der Waals surface area contributed by atoms with Crippen LogP contribution in [-0.4, -0.2) is 23.4 Å². The van der Waals surface area contributed by atoms with Crippen molar-refractivity contribution in [1.82, 2.24) is 0 Å². The highest BCUT2D eigenvalue weighted by atomic mass is 16.5. The van der Waals surface area contributed by atoms with Crippen LogP contribution in [0.5, 0.6) is 5.75 Å². The molecular formula is C12H17NO4. The van der Waals surface area contributed by atoms with Gasteiger partial charge in [-0.2, -0.15) is 0 Å². The summed E-state index contributed by atoms with van der Waals surface area (Å²) in [6, 6.07) is 3.23. The van der Waals surface area contributed by atoms with Crippen molar-refractivity contribution in [2.24, 2.45) is 0 Å². The molecule has 1 aromatic carbocycles. The molecule has 0 bridgehead atoms. The molecule has 0 fully saturated rings. The predicted molar refractivity (Wildman–Crippen MR) is 64.1 cm³/mol. The summed E-state index contributed by atoms with van der Waals surface area (Å²) in [5, 5.41) is 18.1. The van der Waals surface area contributed by atoms with Crippen molar-refractivity contribution in [2.45, 2.75) is 26.2 Å². The van der Waals surface area contributed by atoms with Crippen LogP contribution < -0.4 is 10.2 Å². The highest BCUT2D eigenvalue weighted by Crippen LogP contribution is 2.34. The van der Waals surface area contributed by atoms with E-state index in [9.17, 15) is 4.79 Å². The Kier molecular flexibility index (Phi) is 3.63. The predicted octanol–water partition coefficient (Wildman–Crippen LogP) is 2.49. The Balaban J connectivity index is 3.51. The van der Waals surface area contributed by atoms with Gasteiger partial charge in [0.15, 0.2) is 5.75 Å². The molecule has 5 heteroatoms. The lowest BCUT2D eigenvalue weighted by Gasteiger charge is -2.22. The smallest absolute Gasteiger partial charge is 0.339 e. The zero-order valence-electron chi connectivity index (χ0n) is 10.4. The van der Waals surface area contributed by atoms with Crippen LogP contribution in [0.15, 0.2) is 12.1 Å². The van der Waals surface area contributed by atoms with Crippen molar-refractivity contribution in [3.05, 3.63) is 23.3 Å². The molecule has 0 aliphatic heterocycles. The maximum atomic E-state index is 11.1. The molecular weight excluding hydrogens is 222 g/mol. The number of benzene rings is 1. The summed E-state index contributed by atoms with van der Waals surface area (Å²) >= 11 is 0. The maximum Gasteiger partial charge on any atom is 0.339 e. The van der Waals surface area contributed by atoms with E-state index in [0.29, 0.717) is 0 Å². The van der Waals surface area contributed by atoms with Gasteiger partial charge in [0, 0.05) is 0 Å². The summed E-state index contributed by atoms with van der Waals surface area (Å²) in [6.07, 6.45) is 0. The van der Waals surface area contributed by atoms with E-state index >= 15 is 0 Å². The van der Waals surface area contributed by atoms with Crippen LogP contribution in [0.1, 0.15) is 36.7 Å². The van der Waals surface area contributed by atoms with E-state index in [1.165, 1.54) is 7.11 Å². The summed E-state index contributed by atoms with van der Waals surface area (Å²) in [7, 11) is 1.36. The number of hydrogen-bond donors (Lipinski definition) is 3. The fraction of sp³-hybridized carbons (Fsp3) is 0.417. The summed E-state index contributed by atoms with van der Waals surface area (Å²) in [6.45, 7) is 5.88. The lowest BCUT2D eigenvalue weighted by molar-refractivity contribution is 0.0693. The van der Waals surface area contributed by atoms with Crippen LogP contribution in [-0.2, 0) is 5.41 Å². The zero-order chi connectivity index (χ0) is 13.2. The number of ether oxygens (including phenoxy) is 1. The van der Waals surface area contributed by atoms with Gasteiger partial charge in [0.05, 0.1) is 7.11 Å². The van der Waals surface area contributed by atoms with Crippen LogP contribution >= 0.6 is 0 Å². The number of hydrogen-bond acceptors (Lipinski definition) is 4. The number of carbonyl (C=O) groups is 1. The Morgan fingerprint density at radius 3 is 2.29 bits per heavy atom. The summed E-state index contributed by atoms with van der Waals surface area (Å²) < 4.78 is 4.99. The molecule has 0 radical (unpaired) electrons. The van der Waals surface area contributed by atoms with Crippen molar-refractivity contribution in [3.8, 4) is 5.75 Å². The molecule has 0 saturated heterocycles. The molecule has 5 nitrogen and oxygen atoms in total. The van der Waals surface area contributed by atoms with Crippen LogP contribution in [0, 0.1) is 0 Å². The number of carboxylic acids is 1. The van der Waals surface area contributed by atoms with Gasteiger partial charge in [-0.3, -0.25) is 10.7 Å². The van der Waals surface area contributed by atoms with Crippen LogP contribution in [0.2, 0.25) is 0 Å². The highest BCUT2D eigenvalue weighted by Gasteiger charge is 2.22. The van der Waals surface area contributed by atoms with E-state index in [1.54, 1.807) is 12.1 Å². The Hall–Kier alpha value is -1.75. The normalized spacial score (nSPS) is 11.1. The van der Waals surface area contributed by atoms with Crippen LogP contribution in [0.25, 0.3) is 0 Å². The monoisotopic (exact) mass is 239 g/mol. The Labute approximate surface area is 100.0 Å². The van der Waals surface area contributed by atoms with Gasteiger partial charge in [-0.15, -0.1) is 0 Å². The second-order valence-corrected chi connectivity index (χ2v) is 4.77. The fourth-order valence-corrected chi connectivity index (χ4v) is 1.52. The van der Waals surface area contributed by atoms with Crippen molar-refractivity contribution < 1.29 is 19.8 Å². The summed E-state index contributed by atoms with van der Waals surface area (Å²) in [4.78, 5) is 11.1. The lowest BCUT2D eigenvalue weighted by Crippen LogP contribution is -2.14. The molecule has 17 heavy (non-hydrogen) atoms. The molecule has 3 N–H and O–H groups in total. The van der Waals surface area contributed by atoms with Gasteiger partial charge in [0.25, 0.3) is 0 Å². The number of aromatic carboxylic acids is 1. The van der Waals surface area contributed by atoms with E-state index in [-0.39, 0.29) is 22.4 Å². The van der Waals surface area contributed by atoms with Crippen LogP contribution in [0.3, 0.4) is 0 Å². The molecule has 0 saturated carbocycles. The molecule has 0 aliphatic rings. The van der Waals surface area contributed by atoms with Crippen LogP contribution in [0.4, 0.5) is 5.69 Å². The van der Waals surface area contributed by atoms with E-state index in [1.807, 2.05) is 26.3 Å². The highest BCUT2D eigenvalue weighted by molar-refractivity contribution is 5.93. The number of nitrogens with one attached hydrogen (secondary N) is 1. The molecule has 94 valence electrons. The minimum Gasteiger partial charge on any atom is -0.494 e. The van der Waals surface area contributed by atoms with E-state index in [2.05, 4.69) is 0 Å². The third kappa shape index (κ3) is 2.68. The quantitative estimate of drug-likeness (QED) is 0.706. The average molecular weight is 239 g/mol. The minimum absolute atomic E-state index is 0.0245. The molecule has 1 aromatic rings. The third-order valence-electron chi connectivity index (χ3n) is 2.51. The zero-order valence-corrected chi connectivity index (χ0v) is 10.4. The second-order valence-electron chi connectivity index (χ2n) is 4.77. The molecule has 0 aliphatic carbocycles. The van der Waals surface area contributed by atoms with Gasteiger partial charge < -0.3 is 9.84 Å². The fourth-order valence-electron chi connectivity index (χ4n) is 1.52.